The summed E-state index contributed by atoms with van der Waals surface area (Å²) in [7, 11) is 0. The quantitative estimate of drug-likeness (QED) is 0.504. The zero-order valence-electron chi connectivity index (χ0n) is 17.0. The topological polar surface area (TPSA) is 89.0 Å². The third-order valence-electron chi connectivity index (χ3n) is 5.16. The highest BCUT2D eigenvalue weighted by atomic mass is 35.5. The number of imidazole rings is 1. The van der Waals surface area contributed by atoms with E-state index in [1.807, 2.05) is 25.1 Å². The van der Waals surface area contributed by atoms with E-state index in [2.05, 4.69) is 42.0 Å². The lowest BCUT2D eigenvalue weighted by Gasteiger charge is -2.28. The molecule has 9 heteroatoms. The monoisotopic (exact) mass is 436 g/mol. The first-order chi connectivity index (χ1) is 15.2. The van der Waals surface area contributed by atoms with E-state index in [4.69, 9.17) is 21.1 Å². The van der Waals surface area contributed by atoms with Gasteiger partial charge in [0.1, 0.15) is 0 Å². The van der Waals surface area contributed by atoms with Crippen molar-refractivity contribution in [3.8, 4) is 17.3 Å². The van der Waals surface area contributed by atoms with E-state index in [0.29, 0.717) is 33.7 Å². The highest BCUT2D eigenvalue weighted by Gasteiger charge is 2.16. The van der Waals surface area contributed by atoms with Gasteiger partial charge in [0.25, 0.3) is 6.01 Å². The van der Waals surface area contributed by atoms with Gasteiger partial charge in [-0.3, -0.25) is 0 Å². The Morgan fingerprint density at radius 3 is 2.58 bits per heavy atom. The molecular formula is C22H21ClN6O2. The molecule has 1 saturated heterocycles. The van der Waals surface area contributed by atoms with Crippen molar-refractivity contribution in [3.05, 3.63) is 59.6 Å². The number of morpholine rings is 1. The molecule has 0 amide bonds. The Hall–Kier alpha value is -3.23. The van der Waals surface area contributed by atoms with Crippen LogP contribution in [-0.2, 0) is 4.74 Å². The molecule has 1 aliphatic heterocycles. The normalized spacial score (nSPS) is 15.2. The van der Waals surface area contributed by atoms with E-state index in [1.165, 1.54) is 0 Å². The standard InChI is InChI=1S/C22H21ClN6O2/c1-14(20-24-7-2-8-25-20)31-22-26-18-13-17(23)19(27-21(18)28-22)15-3-5-16(6-4-15)29-9-11-30-12-10-29/h2-8,13-14H,9-12H2,1H3,(H,26,27,28). The zero-order chi connectivity index (χ0) is 21.2. The van der Waals surface area contributed by atoms with Crippen LogP contribution in [0.15, 0.2) is 48.8 Å². The predicted octanol–water partition coefficient (Wildman–Crippen LogP) is 4.04. The van der Waals surface area contributed by atoms with Crippen molar-refractivity contribution in [1.82, 2.24) is 24.9 Å². The van der Waals surface area contributed by atoms with Crippen molar-refractivity contribution in [3.63, 3.8) is 0 Å². The number of hydrogen-bond donors (Lipinski definition) is 1. The third-order valence-corrected chi connectivity index (χ3v) is 5.45. The van der Waals surface area contributed by atoms with E-state index in [9.17, 15) is 0 Å². The molecule has 1 fully saturated rings. The van der Waals surface area contributed by atoms with Crippen LogP contribution in [0, 0.1) is 0 Å². The molecule has 1 atom stereocenters. The smallest absolute Gasteiger partial charge is 0.296 e. The molecule has 1 N–H and O–H groups in total. The maximum Gasteiger partial charge on any atom is 0.296 e. The molecule has 0 saturated carbocycles. The molecular weight excluding hydrogens is 416 g/mol. The van der Waals surface area contributed by atoms with E-state index in [1.54, 1.807) is 18.5 Å². The fourth-order valence-corrected chi connectivity index (χ4v) is 3.81. The summed E-state index contributed by atoms with van der Waals surface area (Å²) in [5.74, 6) is 0.579. The van der Waals surface area contributed by atoms with Crippen LogP contribution in [0.25, 0.3) is 22.4 Å². The Kier molecular flexibility index (Phi) is 5.40. The number of fused-ring (bicyclic) bond motifs is 1. The van der Waals surface area contributed by atoms with Gasteiger partial charge in [-0.15, -0.1) is 0 Å². The molecule has 0 bridgehead atoms. The molecule has 8 nitrogen and oxygen atoms in total. The number of H-pyrrole nitrogens is 1. The molecule has 0 aliphatic carbocycles. The molecule has 31 heavy (non-hydrogen) atoms. The molecule has 4 aromatic rings. The van der Waals surface area contributed by atoms with Gasteiger partial charge in [0.05, 0.1) is 29.4 Å². The van der Waals surface area contributed by atoms with Crippen molar-refractivity contribution in [2.45, 2.75) is 13.0 Å². The van der Waals surface area contributed by atoms with E-state index >= 15 is 0 Å². The number of anilines is 1. The summed E-state index contributed by atoms with van der Waals surface area (Å²) in [4.78, 5) is 23.0. The number of hydrogen-bond acceptors (Lipinski definition) is 7. The Labute approximate surface area is 184 Å². The lowest BCUT2D eigenvalue weighted by molar-refractivity contribution is 0.122. The molecule has 1 unspecified atom stereocenters. The summed E-state index contributed by atoms with van der Waals surface area (Å²) in [5.41, 5.74) is 4.01. The van der Waals surface area contributed by atoms with Crippen LogP contribution >= 0.6 is 11.6 Å². The number of nitrogens with one attached hydrogen (secondary N) is 1. The van der Waals surface area contributed by atoms with Gasteiger partial charge >= 0.3 is 0 Å². The maximum absolute atomic E-state index is 6.54. The van der Waals surface area contributed by atoms with E-state index < -0.39 is 0 Å². The number of benzene rings is 1. The summed E-state index contributed by atoms with van der Waals surface area (Å²) in [6.45, 7) is 5.17. The fraction of sp³-hybridized carbons (Fsp3) is 0.273. The van der Waals surface area contributed by atoms with Gasteiger partial charge in [-0.05, 0) is 31.2 Å². The summed E-state index contributed by atoms with van der Waals surface area (Å²) in [6.07, 6.45) is 3.00. The molecule has 158 valence electrons. The van der Waals surface area contributed by atoms with Crippen molar-refractivity contribution < 1.29 is 9.47 Å². The average molecular weight is 437 g/mol. The molecule has 1 aromatic carbocycles. The minimum atomic E-state index is -0.357. The van der Waals surface area contributed by atoms with Crippen LogP contribution in [0.1, 0.15) is 18.9 Å². The highest BCUT2D eigenvalue weighted by Crippen LogP contribution is 2.31. The second-order valence-corrected chi connectivity index (χ2v) is 7.65. The Balaban J connectivity index is 1.39. The van der Waals surface area contributed by atoms with E-state index in [-0.39, 0.29) is 6.10 Å². The lowest BCUT2D eigenvalue weighted by atomic mass is 10.1. The van der Waals surface area contributed by atoms with Crippen LogP contribution in [-0.4, -0.2) is 51.2 Å². The van der Waals surface area contributed by atoms with Crippen molar-refractivity contribution in [1.29, 1.82) is 0 Å². The first-order valence-electron chi connectivity index (χ1n) is 10.1. The van der Waals surface area contributed by atoms with Gasteiger partial charge in [-0.25, -0.2) is 15.0 Å². The SMILES string of the molecule is CC(Oc1nc2nc(-c3ccc(N4CCOCC4)cc3)c(Cl)cc2[nH]1)c1ncccn1. The number of pyridine rings is 1. The fourth-order valence-electron chi connectivity index (χ4n) is 3.55. The minimum Gasteiger partial charge on any atom is -0.453 e. The number of nitrogens with zero attached hydrogens (tertiary/aromatic N) is 5. The second kappa shape index (κ2) is 8.49. The van der Waals surface area contributed by atoms with Crippen molar-refractivity contribution in [2.75, 3.05) is 31.2 Å². The van der Waals surface area contributed by atoms with Gasteiger partial charge in [0.15, 0.2) is 17.6 Å². The number of aromatic nitrogens is 5. The molecule has 3 aromatic heterocycles. The minimum absolute atomic E-state index is 0.346. The number of aromatic amines is 1. The van der Waals surface area contributed by atoms with E-state index in [0.717, 1.165) is 37.6 Å². The largest absolute Gasteiger partial charge is 0.453 e. The predicted molar refractivity (Wildman–Crippen MR) is 118 cm³/mol. The van der Waals surface area contributed by atoms with Crippen LogP contribution in [0.4, 0.5) is 5.69 Å². The lowest BCUT2D eigenvalue weighted by Crippen LogP contribution is -2.36. The summed E-state index contributed by atoms with van der Waals surface area (Å²) in [5, 5.41) is 0.543. The molecule has 1 aliphatic rings. The molecule has 0 spiro atoms. The van der Waals surface area contributed by atoms with Crippen LogP contribution in [0.3, 0.4) is 0 Å². The van der Waals surface area contributed by atoms with Gasteiger partial charge in [-0.2, -0.15) is 4.98 Å². The van der Waals surface area contributed by atoms with Gasteiger partial charge < -0.3 is 19.4 Å². The summed E-state index contributed by atoms with van der Waals surface area (Å²) in [6, 6.07) is 12.2. The molecule has 4 heterocycles. The Bertz CT molecular complexity index is 1180. The summed E-state index contributed by atoms with van der Waals surface area (Å²) >= 11 is 6.54. The number of ether oxygens (including phenoxy) is 2. The Morgan fingerprint density at radius 1 is 1.10 bits per heavy atom. The second-order valence-electron chi connectivity index (χ2n) is 7.25. The van der Waals surface area contributed by atoms with Crippen LogP contribution < -0.4 is 9.64 Å². The Morgan fingerprint density at radius 2 is 1.84 bits per heavy atom. The molecule has 0 radical (unpaired) electrons. The van der Waals surface area contributed by atoms with Crippen molar-refractivity contribution >= 4 is 28.5 Å². The molecule has 5 rings (SSSR count). The third kappa shape index (κ3) is 4.17. The zero-order valence-corrected chi connectivity index (χ0v) is 17.7. The first-order valence-corrected chi connectivity index (χ1v) is 10.5. The summed E-state index contributed by atoms with van der Waals surface area (Å²) < 4.78 is 11.3. The number of halogens is 1. The highest BCUT2D eigenvalue weighted by molar-refractivity contribution is 6.33. The van der Waals surface area contributed by atoms with Gasteiger partial charge in [0.2, 0.25) is 0 Å². The average Bonchev–Trinajstić information content (AvgIpc) is 3.20. The van der Waals surface area contributed by atoms with Gasteiger partial charge in [0, 0.05) is 36.7 Å². The number of rotatable bonds is 5. The van der Waals surface area contributed by atoms with Crippen LogP contribution in [0.5, 0.6) is 6.01 Å². The first kappa shape index (κ1) is 19.7. The maximum atomic E-state index is 6.54. The van der Waals surface area contributed by atoms with Crippen LogP contribution in [0.2, 0.25) is 5.02 Å². The van der Waals surface area contributed by atoms with Gasteiger partial charge in [-0.1, -0.05) is 23.7 Å². The van der Waals surface area contributed by atoms with Crippen molar-refractivity contribution in [2.24, 2.45) is 0 Å².